The van der Waals surface area contributed by atoms with Gasteiger partial charge in [-0.15, -0.1) is 0 Å². The number of hydrogen-bond acceptors (Lipinski definition) is 6. The summed E-state index contributed by atoms with van der Waals surface area (Å²) in [5, 5.41) is 13.9. The molecule has 0 radical (unpaired) electrons. The van der Waals surface area contributed by atoms with Crippen LogP contribution >= 0.6 is 0 Å². The van der Waals surface area contributed by atoms with E-state index in [1.165, 1.54) is 6.07 Å². The highest BCUT2D eigenvalue weighted by atomic mass is 16.6. The lowest BCUT2D eigenvalue weighted by atomic mass is 10.1. The van der Waals surface area contributed by atoms with Crippen molar-refractivity contribution >= 4 is 11.7 Å². The molecule has 1 aromatic rings. The normalized spacial score (nSPS) is 10.4. The molecule has 1 N–H and O–H groups in total. The van der Waals surface area contributed by atoms with Gasteiger partial charge in [0.25, 0.3) is 5.69 Å². The van der Waals surface area contributed by atoms with Gasteiger partial charge in [0.2, 0.25) is 0 Å². The molecule has 0 amide bonds. The second-order valence-electron chi connectivity index (χ2n) is 4.35. The molecule has 0 saturated heterocycles. The van der Waals surface area contributed by atoms with Crippen LogP contribution in [0.2, 0.25) is 0 Å². The second kappa shape index (κ2) is 9.04. The van der Waals surface area contributed by atoms with E-state index in [0.717, 1.165) is 5.56 Å². The largest absolute Gasteiger partial charge is 0.464 e. The second-order valence-corrected chi connectivity index (χ2v) is 4.35. The van der Waals surface area contributed by atoms with Gasteiger partial charge >= 0.3 is 5.97 Å². The van der Waals surface area contributed by atoms with Crippen LogP contribution in [-0.2, 0) is 20.8 Å². The zero-order valence-corrected chi connectivity index (χ0v) is 12.3. The third-order valence-electron chi connectivity index (χ3n) is 2.88. The maximum Gasteiger partial charge on any atom is 0.332 e. The van der Waals surface area contributed by atoms with Crippen molar-refractivity contribution in [3.63, 3.8) is 0 Å². The van der Waals surface area contributed by atoms with Crippen LogP contribution in [0.3, 0.4) is 0 Å². The van der Waals surface area contributed by atoms with Gasteiger partial charge in [0, 0.05) is 24.7 Å². The summed E-state index contributed by atoms with van der Waals surface area (Å²) in [6, 6.07) is 5.00. The highest BCUT2D eigenvalue weighted by Gasteiger charge is 2.12. The average molecular weight is 296 g/mol. The minimum atomic E-state index is -0.388. The van der Waals surface area contributed by atoms with Crippen LogP contribution in [0.4, 0.5) is 5.69 Å². The third kappa shape index (κ3) is 5.88. The molecule has 0 bridgehead atoms. The molecule has 116 valence electrons. The van der Waals surface area contributed by atoms with Gasteiger partial charge < -0.3 is 14.8 Å². The minimum Gasteiger partial charge on any atom is -0.464 e. The molecule has 0 aliphatic heterocycles. The minimum absolute atomic E-state index is 0.0641. The van der Waals surface area contributed by atoms with Crippen LogP contribution in [-0.4, -0.2) is 37.3 Å². The molecule has 0 aliphatic carbocycles. The SMILES string of the molecule is CCOC(=O)COCCNCc1cccc([N+](=O)[O-])c1C. The molecule has 0 saturated carbocycles. The third-order valence-corrected chi connectivity index (χ3v) is 2.88. The molecule has 0 fully saturated rings. The lowest BCUT2D eigenvalue weighted by molar-refractivity contribution is -0.385. The van der Waals surface area contributed by atoms with E-state index in [4.69, 9.17) is 9.47 Å². The first-order valence-corrected chi connectivity index (χ1v) is 6.73. The van der Waals surface area contributed by atoms with Crippen molar-refractivity contribution in [2.45, 2.75) is 20.4 Å². The van der Waals surface area contributed by atoms with Crippen LogP contribution in [0.25, 0.3) is 0 Å². The highest BCUT2D eigenvalue weighted by molar-refractivity contribution is 5.70. The van der Waals surface area contributed by atoms with Gasteiger partial charge in [-0.2, -0.15) is 0 Å². The Balaban J connectivity index is 2.29. The van der Waals surface area contributed by atoms with Crippen molar-refractivity contribution in [3.05, 3.63) is 39.4 Å². The quantitative estimate of drug-likeness (QED) is 0.322. The summed E-state index contributed by atoms with van der Waals surface area (Å²) in [6.07, 6.45) is 0. The molecule has 0 heterocycles. The Morgan fingerprint density at radius 1 is 1.43 bits per heavy atom. The lowest BCUT2D eigenvalue weighted by Crippen LogP contribution is -2.22. The number of nitro benzene ring substituents is 1. The van der Waals surface area contributed by atoms with Crippen LogP contribution < -0.4 is 5.32 Å². The molecule has 1 aromatic carbocycles. The summed E-state index contributed by atoms with van der Waals surface area (Å²) in [7, 11) is 0. The van der Waals surface area contributed by atoms with Crippen molar-refractivity contribution < 1.29 is 19.2 Å². The molecule has 7 heteroatoms. The Labute approximate surface area is 123 Å². The number of carbonyl (C=O) groups excluding carboxylic acids is 1. The zero-order valence-electron chi connectivity index (χ0n) is 12.3. The van der Waals surface area contributed by atoms with Crippen molar-refractivity contribution in [2.24, 2.45) is 0 Å². The van der Waals surface area contributed by atoms with E-state index in [1.54, 1.807) is 19.9 Å². The topological polar surface area (TPSA) is 90.7 Å². The Bertz CT molecular complexity index is 490. The zero-order chi connectivity index (χ0) is 15.7. The van der Waals surface area contributed by atoms with Crippen LogP contribution in [0.5, 0.6) is 0 Å². The summed E-state index contributed by atoms with van der Waals surface area (Å²) in [6.45, 7) is 5.16. The van der Waals surface area contributed by atoms with E-state index in [9.17, 15) is 14.9 Å². The highest BCUT2D eigenvalue weighted by Crippen LogP contribution is 2.20. The predicted molar refractivity (Wildman–Crippen MR) is 77.0 cm³/mol. The summed E-state index contributed by atoms with van der Waals surface area (Å²) < 4.78 is 9.85. The van der Waals surface area contributed by atoms with E-state index in [0.29, 0.717) is 31.9 Å². The number of benzene rings is 1. The van der Waals surface area contributed by atoms with Gasteiger partial charge in [0.15, 0.2) is 0 Å². The van der Waals surface area contributed by atoms with E-state index in [1.807, 2.05) is 6.07 Å². The fraction of sp³-hybridized carbons (Fsp3) is 0.500. The first kappa shape index (κ1) is 17.1. The molecule has 0 atom stereocenters. The van der Waals surface area contributed by atoms with Gasteiger partial charge in [-0.1, -0.05) is 12.1 Å². The molecule has 0 aromatic heterocycles. The molecule has 7 nitrogen and oxygen atoms in total. The number of rotatable bonds is 9. The smallest absolute Gasteiger partial charge is 0.332 e. The van der Waals surface area contributed by atoms with Gasteiger partial charge in [0.05, 0.1) is 18.1 Å². The van der Waals surface area contributed by atoms with Gasteiger partial charge in [-0.05, 0) is 19.4 Å². The molecule has 0 spiro atoms. The van der Waals surface area contributed by atoms with E-state index in [2.05, 4.69) is 5.32 Å². The summed E-state index contributed by atoms with van der Waals surface area (Å²) >= 11 is 0. The number of hydrogen-bond donors (Lipinski definition) is 1. The maximum atomic E-state index is 11.0. The number of carbonyl (C=O) groups is 1. The van der Waals surface area contributed by atoms with Gasteiger partial charge in [0.1, 0.15) is 6.61 Å². The number of ether oxygens (including phenoxy) is 2. The number of nitrogens with zero attached hydrogens (tertiary/aromatic N) is 1. The average Bonchev–Trinajstić information content (AvgIpc) is 2.44. The van der Waals surface area contributed by atoms with Gasteiger partial charge in [-0.3, -0.25) is 10.1 Å². The van der Waals surface area contributed by atoms with E-state index < -0.39 is 0 Å². The van der Waals surface area contributed by atoms with Crippen LogP contribution in [0.15, 0.2) is 18.2 Å². The first-order valence-electron chi connectivity index (χ1n) is 6.73. The summed E-state index contributed by atoms with van der Waals surface area (Å²) in [4.78, 5) is 21.5. The maximum absolute atomic E-state index is 11.0. The van der Waals surface area contributed by atoms with Crippen LogP contribution in [0, 0.1) is 17.0 Å². The van der Waals surface area contributed by atoms with E-state index in [-0.39, 0.29) is 23.2 Å². The standard InChI is InChI=1S/C14H20N2O5/c1-3-21-14(17)10-20-8-7-15-9-12-5-4-6-13(11(12)2)16(18)19/h4-6,15H,3,7-10H2,1-2H3. The predicted octanol–water partition coefficient (Wildman–Crippen LogP) is 1.57. The molecule has 0 aliphatic rings. The Hall–Kier alpha value is -1.99. The Morgan fingerprint density at radius 2 is 2.19 bits per heavy atom. The summed E-state index contributed by atoms with van der Waals surface area (Å²) in [5.41, 5.74) is 1.64. The van der Waals surface area contributed by atoms with Crippen molar-refractivity contribution in [3.8, 4) is 0 Å². The Kier molecular flexibility index (Phi) is 7.34. The fourth-order valence-corrected chi connectivity index (χ4v) is 1.78. The molecule has 0 unspecified atom stereocenters. The lowest BCUT2D eigenvalue weighted by Gasteiger charge is -2.08. The monoisotopic (exact) mass is 296 g/mol. The van der Waals surface area contributed by atoms with Gasteiger partial charge in [-0.25, -0.2) is 4.79 Å². The first-order chi connectivity index (χ1) is 10.1. The number of nitrogens with one attached hydrogen (secondary N) is 1. The summed E-state index contributed by atoms with van der Waals surface area (Å²) in [5.74, 6) is -0.382. The van der Waals surface area contributed by atoms with Crippen LogP contribution in [0.1, 0.15) is 18.1 Å². The van der Waals surface area contributed by atoms with Crippen molar-refractivity contribution in [1.82, 2.24) is 5.32 Å². The fourth-order valence-electron chi connectivity index (χ4n) is 1.78. The number of nitro groups is 1. The molecule has 1 rings (SSSR count). The Morgan fingerprint density at radius 3 is 2.86 bits per heavy atom. The molecular formula is C14H20N2O5. The number of esters is 1. The van der Waals surface area contributed by atoms with Crippen molar-refractivity contribution in [1.29, 1.82) is 0 Å². The molecule has 21 heavy (non-hydrogen) atoms. The molecular weight excluding hydrogens is 276 g/mol. The van der Waals surface area contributed by atoms with Crippen molar-refractivity contribution in [2.75, 3.05) is 26.4 Å². The van der Waals surface area contributed by atoms with E-state index >= 15 is 0 Å².